The van der Waals surface area contributed by atoms with Crippen LogP contribution in [0.2, 0.25) is 0 Å². The number of para-hydroxylation sites is 4. The molecule has 0 fully saturated rings. The van der Waals surface area contributed by atoms with Gasteiger partial charge in [-0.2, -0.15) is 20.0 Å². The van der Waals surface area contributed by atoms with E-state index in [0.29, 0.717) is 29.5 Å². The molecular formula is C32H22FN7. The summed E-state index contributed by atoms with van der Waals surface area (Å²) in [5, 5.41) is 0. The normalized spacial score (nSPS) is 15.5. The largest absolute Gasteiger partial charge is 0.279 e. The molecule has 0 atom stereocenters. The summed E-state index contributed by atoms with van der Waals surface area (Å²) in [5.41, 5.74) is 3.45. The number of amidine groups is 1. The highest BCUT2D eigenvalue weighted by Gasteiger charge is 2.35. The molecular weight excluding hydrogens is 501 g/mol. The van der Waals surface area contributed by atoms with E-state index in [1.54, 1.807) is 4.90 Å². The lowest BCUT2D eigenvalue weighted by Crippen LogP contribution is -2.45. The van der Waals surface area contributed by atoms with Crippen LogP contribution in [0.4, 0.5) is 27.1 Å². The fourth-order valence-corrected chi connectivity index (χ4v) is 4.73. The van der Waals surface area contributed by atoms with Crippen LogP contribution in [0.15, 0.2) is 165 Å². The van der Waals surface area contributed by atoms with Crippen molar-refractivity contribution in [2.24, 2.45) is 20.0 Å². The summed E-state index contributed by atoms with van der Waals surface area (Å²) in [4.78, 5) is 24.9. The number of benzene rings is 4. The number of aliphatic imine (C=N–C) groups is 4. The van der Waals surface area contributed by atoms with E-state index in [1.807, 2.05) is 131 Å². The summed E-state index contributed by atoms with van der Waals surface area (Å²) < 4.78 is 15.0. The van der Waals surface area contributed by atoms with Crippen LogP contribution < -0.4 is 9.80 Å². The molecule has 3 aliphatic rings. The molecule has 3 aliphatic heterocycles. The van der Waals surface area contributed by atoms with Crippen molar-refractivity contribution < 1.29 is 4.39 Å². The fraction of sp³-hybridized carbons (Fsp3) is 0. The molecule has 7 nitrogen and oxygen atoms in total. The average molecular weight is 524 g/mol. The molecule has 192 valence electrons. The zero-order valence-corrected chi connectivity index (χ0v) is 21.2. The molecule has 4 aromatic carbocycles. The standard InChI is InChI=1S/C32H22FN7/c33-23-21-28-34-30(38(24-13-5-1-6-14-24)25-15-7-2-8-16-25)36-32-37-31(35-29(22-23)40(28)32)39(26-17-9-3-10-18-26)27-19-11-4-12-20-27/h1-22H. The Kier molecular flexibility index (Phi) is 5.82. The summed E-state index contributed by atoms with van der Waals surface area (Å²) in [6, 6.07) is 39.3. The van der Waals surface area contributed by atoms with Gasteiger partial charge in [0.2, 0.25) is 17.9 Å². The molecule has 0 amide bonds. The summed E-state index contributed by atoms with van der Waals surface area (Å²) in [5.74, 6) is 1.31. The summed E-state index contributed by atoms with van der Waals surface area (Å²) in [6.45, 7) is 0. The minimum atomic E-state index is -0.451. The van der Waals surface area contributed by atoms with Gasteiger partial charge in [0, 0.05) is 34.9 Å². The molecule has 0 aliphatic carbocycles. The third kappa shape index (κ3) is 4.27. The molecule has 0 radical (unpaired) electrons. The Bertz CT molecular complexity index is 1580. The van der Waals surface area contributed by atoms with E-state index in [0.717, 1.165) is 22.7 Å². The third-order valence-corrected chi connectivity index (χ3v) is 6.48. The summed E-state index contributed by atoms with van der Waals surface area (Å²) in [7, 11) is 0. The van der Waals surface area contributed by atoms with Gasteiger partial charge >= 0.3 is 0 Å². The third-order valence-electron chi connectivity index (χ3n) is 6.48. The van der Waals surface area contributed by atoms with Crippen LogP contribution >= 0.6 is 0 Å². The number of hydrogen-bond donors (Lipinski definition) is 0. The quantitative estimate of drug-likeness (QED) is 0.285. The zero-order valence-electron chi connectivity index (χ0n) is 21.2. The fourth-order valence-electron chi connectivity index (χ4n) is 4.73. The molecule has 4 aromatic rings. The van der Waals surface area contributed by atoms with Crippen molar-refractivity contribution in [2.45, 2.75) is 0 Å². The lowest BCUT2D eigenvalue weighted by atomic mass is 10.2. The van der Waals surface area contributed by atoms with Gasteiger partial charge < -0.3 is 0 Å². The molecule has 8 heteroatoms. The van der Waals surface area contributed by atoms with Crippen molar-refractivity contribution >= 4 is 46.5 Å². The van der Waals surface area contributed by atoms with E-state index in [-0.39, 0.29) is 0 Å². The molecule has 0 N–H and O–H groups in total. The first-order valence-corrected chi connectivity index (χ1v) is 12.8. The first kappa shape index (κ1) is 23.5. The number of guanidine groups is 3. The van der Waals surface area contributed by atoms with Crippen LogP contribution in [0.1, 0.15) is 0 Å². The van der Waals surface area contributed by atoms with Crippen molar-refractivity contribution in [1.29, 1.82) is 0 Å². The van der Waals surface area contributed by atoms with Crippen molar-refractivity contribution in [3.05, 3.63) is 145 Å². The lowest BCUT2D eigenvalue weighted by molar-refractivity contribution is 0.630. The SMILES string of the molecule is FC1=CC2=NC(N(c3ccccc3)c3ccccc3)=NC3=NC(N(c4ccccc4)c4ccccc4)=NC(=C1)N23. The number of hydrogen-bond acceptors (Lipinski definition) is 7. The minimum absolute atomic E-state index is 0.341. The van der Waals surface area contributed by atoms with E-state index in [1.165, 1.54) is 12.2 Å². The highest BCUT2D eigenvalue weighted by Crippen LogP contribution is 2.33. The number of nitrogens with zero attached hydrogens (tertiary/aromatic N) is 7. The summed E-state index contributed by atoms with van der Waals surface area (Å²) in [6.07, 6.45) is 2.74. The average Bonchev–Trinajstić information content (AvgIpc) is 2.99. The van der Waals surface area contributed by atoms with Crippen LogP contribution in [0.3, 0.4) is 0 Å². The van der Waals surface area contributed by atoms with E-state index in [4.69, 9.17) is 20.0 Å². The maximum absolute atomic E-state index is 15.0. The van der Waals surface area contributed by atoms with Gasteiger partial charge in [0.1, 0.15) is 17.5 Å². The van der Waals surface area contributed by atoms with Crippen LogP contribution in [-0.2, 0) is 0 Å². The van der Waals surface area contributed by atoms with Crippen LogP contribution in [-0.4, -0.2) is 28.6 Å². The molecule has 0 aromatic heterocycles. The molecule has 7 rings (SSSR count). The van der Waals surface area contributed by atoms with Crippen LogP contribution in [0.25, 0.3) is 0 Å². The Morgan fingerprint density at radius 2 is 0.900 bits per heavy atom. The van der Waals surface area contributed by atoms with Gasteiger partial charge in [-0.15, -0.1) is 0 Å². The van der Waals surface area contributed by atoms with Gasteiger partial charge in [0.15, 0.2) is 0 Å². The molecule has 0 spiro atoms. The highest BCUT2D eigenvalue weighted by atomic mass is 19.1. The van der Waals surface area contributed by atoms with Gasteiger partial charge in [0.25, 0.3) is 0 Å². The second-order valence-electron chi connectivity index (χ2n) is 9.09. The van der Waals surface area contributed by atoms with Gasteiger partial charge in [-0.1, -0.05) is 72.8 Å². The Labute approximate surface area is 230 Å². The number of allylic oxidation sites excluding steroid dienone is 2. The first-order valence-electron chi connectivity index (χ1n) is 12.8. The molecule has 0 bridgehead atoms. The van der Waals surface area contributed by atoms with E-state index >= 15 is 0 Å². The van der Waals surface area contributed by atoms with Gasteiger partial charge in [-0.05, 0) is 48.5 Å². The minimum Gasteiger partial charge on any atom is -0.279 e. The number of rotatable bonds is 4. The van der Waals surface area contributed by atoms with Gasteiger partial charge in [-0.3, -0.25) is 9.80 Å². The first-order chi connectivity index (χ1) is 19.7. The van der Waals surface area contributed by atoms with Gasteiger partial charge in [0.05, 0.1) is 0 Å². The molecule has 0 saturated heterocycles. The molecule has 40 heavy (non-hydrogen) atoms. The van der Waals surface area contributed by atoms with Crippen LogP contribution in [0, 0.1) is 0 Å². The Morgan fingerprint density at radius 1 is 0.475 bits per heavy atom. The van der Waals surface area contributed by atoms with Gasteiger partial charge in [-0.25, -0.2) is 9.29 Å². The Hall–Kier alpha value is -5.63. The highest BCUT2D eigenvalue weighted by molar-refractivity contribution is 6.25. The number of halogens is 1. The predicted molar refractivity (Wildman–Crippen MR) is 159 cm³/mol. The molecule has 0 saturated carbocycles. The predicted octanol–water partition coefficient (Wildman–Crippen LogP) is 7.17. The molecule has 3 heterocycles. The molecule has 0 unspecified atom stereocenters. The smallest absolute Gasteiger partial charge is 0.243 e. The lowest BCUT2D eigenvalue weighted by Gasteiger charge is -2.35. The monoisotopic (exact) mass is 523 g/mol. The van der Waals surface area contributed by atoms with Crippen molar-refractivity contribution in [2.75, 3.05) is 9.80 Å². The van der Waals surface area contributed by atoms with Crippen molar-refractivity contribution in [3.8, 4) is 0 Å². The topological polar surface area (TPSA) is 59.2 Å². The van der Waals surface area contributed by atoms with Crippen molar-refractivity contribution in [3.63, 3.8) is 0 Å². The van der Waals surface area contributed by atoms with E-state index in [9.17, 15) is 4.39 Å². The Morgan fingerprint density at radius 3 is 1.35 bits per heavy atom. The second-order valence-corrected chi connectivity index (χ2v) is 9.09. The van der Waals surface area contributed by atoms with E-state index in [2.05, 4.69) is 0 Å². The maximum Gasteiger partial charge on any atom is 0.243 e. The zero-order chi connectivity index (χ0) is 26.9. The second kappa shape index (κ2) is 9.92. The van der Waals surface area contributed by atoms with E-state index < -0.39 is 5.83 Å². The number of anilines is 4. The van der Waals surface area contributed by atoms with Crippen molar-refractivity contribution in [1.82, 2.24) is 4.90 Å². The Balaban J connectivity index is 1.41. The summed E-state index contributed by atoms with van der Waals surface area (Å²) >= 11 is 0. The van der Waals surface area contributed by atoms with Crippen LogP contribution in [0.5, 0.6) is 0 Å². The maximum atomic E-state index is 15.0.